The number of aryl methyl sites for hydroxylation is 2. The molecule has 0 spiro atoms. The first-order chi connectivity index (χ1) is 18.3. The molecule has 2 aliphatic carbocycles. The summed E-state index contributed by atoms with van der Waals surface area (Å²) >= 11 is 0. The molecule has 200 valence electrons. The van der Waals surface area contributed by atoms with Crippen molar-refractivity contribution in [1.82, 2.24) is 30.0 Å². The van der Waals surface area contributed by atoms with Gasteiger partial charge in [0.2, 0.25) is 0 Å². The molecule has 1 aliphatic heterocycles. The summed E-state index contributed by atoms with van der Waals surface area (Å²) in [5, 5.41) is 7.19. The molecule has 2 fully saturated rings. The van der Waals surface area contributed by atoms with Gasteiger partial charge >= 0.3 is 6.18 Å². The number of hydrogen-bond donors (Lipinski definition) is 1. The number of nitrogens with zero attached hydrogens (tertiary/aromatic N) is 5. The predicted molar refractivity (Wildman–Crippen MR) is 128 cm³/mol. The Morgan fingerprint density at radius 3 is 2.74 bits per heavy atom. The molecule has 1 amide bonds. The van der Waals surface area contributed by atoms with E-state index in [1.165, 1.54) is 0 Å². The quantitative estimate of drug-likeness (QED) is 0.521. The Hall–Kier alpha value is -3.38. The number of hydrogen-bond acceptors (Lipinski definition) is 7. The predicted octanol–water partition coefficient (Wildman–Crippen LogP) is 3.64. The van der Waals surface area contributed by atoms with E-state index in [4.69, 9.17) is 9.47 Å². The Balaban J connectivity index is 1.26. The standard InChI is InChI=1S/C26H27F3N6O3/c1-14(21-9-31-22(10-30-21)15-2-3-15)32-25(36)20-8-18(26(27,28)29)23-19(33-20)5-4-16-11-35(34-24(16)23)12-17-13-37-6-7-38-17/h8-11,14-15,17H,2-7,12-13H2,1H3,(H,32,36)/t14?,17-/m0/s1. The van der Waals surface area contributed by atoms with E-state index >= 15 is 0 Å². The van der Waals surface area contributed by atoms with Crippen LogP contribution in [0.5, 0.6) is 0 Å². The molecule has 2 atom stereocenters. The maximum atomic E-state index is 14.3. The second-order valence-electron chi connectivity index (χ2n) is 10.0. The Bertz CT molecular complexity index is 1350. The van der Waals surface area contributed by atoms with Gasteiger partial charge in [-0.05, 0) is 44.2 Å². The van der Waals surface area contributed by atoms with Gasteiger partial charge in [-0.2, -0.15) is 18.3 Å². The molecule has 1 saturated carbocycles. The average molecular weight is 529 g/mol. The number of halogens is 3. The second kappa shape index (κ2) is 9.73. The molecule has 0 bridgehead atoms. The molecule has 1 N–H and O–H groups in total. The minimum absolute atomic E-state index is 0.0653. The monoisotopic (exact) mass is 528 g/mol. The number of aromatic nitrogens is 5. The lowest BCUT2D eigenvalue weighted by Crippen LogP contribution is -2.32. The SMILES string of the molecule is CC(NC(=O)c1cc(C(F)(F)F)c2c(n1)CCc1cn(C[C@H]3COCCO3)nc1-2)c1cnc(C2CC2)cn1. The number of nitrogens with one attached hydrogen (secondary N) is 1. The number of amides is 1. The van der Waals surface area contributed by atoms with Crippen molar-refractivity contribution in [3.8, 4) is 11.3 Å². The molecule has 0 radical (unpaired) electrons. The molecule has 1 unspecified atom stereocenters. The summed E-state index contributed by atoms with van der Waals surface area (Å²) in [4.78, 5) is 26.2. The van der Waals surface area contributed by atoms with Crippen molar-refractivity contribution in [2.24, 2.45) is 0 Å². The zero-order valence-electron chi connectivity index (χ0n) is 20.8. The molecule has 3 aromatic rings. The van der Waals surface area contributed by atoms with Crippen molar-refractivity contribution in [3.63, 3.8) is 0 Å². The number of alkyl halides is 3. The van der Waals surface area contributed by atoms with Gasteiger partial charge in [0.25, 0.3) is 5.91 Å². The lowest BCUT2D eigenvalue weighted by Gasteiger charge is -2.22. The van der Waals surface area contributed by atoms with Crippen LogP contribution in [0.15, 0.2) is 24.7 Å². The maximum absolute atomic E-state index is 14.3. The molecule has 12 heteroatoms. The van der Waals surface area contributed by atoms with Crippen molar-refractivity contribution in [3.05, 3.63) is 58.6 Å². The van der Waals surface area contributed by atoms with Crippen LogP contribution in [0, 0.1) is 0 Å². The van der Waals surface area contributed by atoms with Crippen molar-refractivity contribution >= 4 is 5.91 Å². The van der Waals surface area contributed by atoms with Crippen molar-refractivity contribution in [2.75, 3.05) is 19.8 Å². The molecule has 9 nitrogen and oxygen atoms in total. The van der Waals surface area contributed by atoms with Crippen LogP contribution < -0.4 is 5.32 Å². The molecular weight excluding hydrogens is 501 g/mol. The van der Waals surface area contributed by atoms with Gasteiger partial charge in [0.05, 0.1) is 66.9 Å². The van der Waals surface area contributed by atoms with Gasteiger partial charge in [0, 0.05) is 23.9 Å². The van der Waals surface area contributed by atoms with E-state index in [1.54, 1.807) is 30.2 Å². The maximum Gasteiger partial charge on any atom is 0.417 e. The first kappa shape index (κ1) is 24.9. The fraction of sp³-hybridized carbons (Fsp3) is 0.500. The molecule has 4 heterocycles. The van der Waals surface area contributed by atoms with Gasteiger partial charge in [-0.1, -0.05) is 0 Å². The zero-order valence-corrected chi connectivity index (χ0v) is 20.8. The van der Waals surface area contributed by atoms with Gasteiger partial charge in [0.15, 0.2) is 0 Å². The second-order valence-corrected chi connectivity index (χ2v) is 10.0. The summed E-state index contributed by atoms with van der Waals surface area (Å²) in [7, 11) is 0. The first-order valence-corrected chi connectivity index (χ1v) is 12.8. The smallest absolute Gasteiger partial charge is 0.376 e. The van der Waals surface area contributed by atoms with Crippen molar-refractivity contribution in [1.29, 1.82) is 0 Å². The van der Waals surface area contributed by atoms with Gasteiger partial charge in [-0.3, -0.25) is 19.4 Å². The lowest BCUT2D eigenvalue weighted by atomic mass is 9.90. The normalized spacial score (nSPS) is 19.9. The summed E-state index contributed by atoms with van der Waals surface area (Å²) < 4.78 is 55.5. The lowest BCUT2D eigenvalue weighted by molar-refractivity contribution is -0.137. The van der Waals surface area contributed by atoms with Gasteiger partial charge < -0.3 is 14.8 Å². The Labute approximate surface area is 216 Å². The van der Waals surface area contributed by atoms with Crippen LogP contribution in [0.2, 0.25) is 0 Å². The molecular formula is C26H27F3N6O3. The van der Waals surface area contributed by atoms with E-state index < -0.39 is 23.7 Å². The molecule has 38 heavy (non-hydrogen) atoms. The minimum atomic E-state index is -4.70. The third-order valence-corrected chi connectivity index (χ3v) is 7.09. The fourth-order valence-corrected chi connectivity index (χ4v) is 4.94. The van der Waals surface area contributed by atoms with Crippen molar-refractivity contribution in [2.45, 2.75) is 63.4 Å². The number of pyridine rings is 1. The third-order valence-electron chi connectivity index (χ3n) is 7.09. The zero-order chi connectivity index (χ0) is 26.4. The summed E-state index contributed by atoms with van der Waals surface area (Å²) in [6.45, 7) is 3.48. The van der Waals surface area contributed by atoms with Gasteiger partial charge in [0.1, 0.15) is 11.8 Å². The van der Waals surface area contributed by atoms with Gasteiger partial charge in [-0.25, -0.2) is 4.98 Å². The summed E-state index contributed by atoms with van der Waals surface area (Å²) in [5.74, 6) is -0.256. The first-order valence-electron chi connectivity index (χ1n) is 12.8. The van der Waals surface area contributed by atoms with Crippen LogP contribution in [0.3, 0.4) is 0 Å². The van der Waals surface area contributed by atoms with E-state index in [-0.39, 0.29) is 35.2 Å². The van der Waals surface area contributed by atoms with Crippen LogP contribution in [-0.2, 0) is 35.0 Å². The fourth-order valence-electron chi connectivity index (χ4n) is 4.94. The average Bonchev–Trinajstić information content (AvgIpc) is 3.67. The summed E-state index contributed by atoms with van der Waals surface area (Å²) in [5.41, 5.74) is 1.33. The van der Waals surface area contributed by atoms with Crippen LogP contribution in [0.1, 0.15) is 70.4 Å². The Morgan fingerprint density at radius 1 is 1.21 bits per heavy atom. The summed E-state index contributed by atoms with van der Waals surface area (Å²) in [6.07, 6.45) is 3.07. The molecule has 3 aliphatic rings. The van der Waals surface area contributed by atoms with Crippen LogP contribution in [-0.4, -0.2) is 56.6 Å². The molecule has 6 rings (SSSR count). The van der Waals surface area contributed by atoms with Crippen LogP contribution in [0.4, 0.5) is 13.2 Å². The van der Waals surface area contributed by atoms with E-state index in [1.807, 2.05) is 0 Å². The van der Waals surface area contributed by atoms with E-state index in [0.29, 0.717) is 50.0 Å². The number of fused-ring (bicyclic) bond motifs is 3. The number of rotatable bonds is 6. The highest BCUT2D eigenvalue weighted by Gasteiger charge is 2.39. The number of carbonyl (C=O) groups excluding carboxylic acids is 1. The molecule has 1 saturated heterocycles. The largest absolute Gasteiger partial charge is 0.417 e. The number of carbonyl (C=O) groups is 1. The minimum Gasteiger partial charge on any atom is -0.376 e. The summed E-state index contributed by atoms with van der Waals surface area (Å²) in [6, 6.07) is 0.262. The Morgan fingerprint density at radius 2 is 2.05 bits per heavy atom. The highest BCUT2D eigenvalue weighted by atomic mass is 19.4. The molecule has 3 aromatic heterocycles. The van der Waals surface area contributed by atoms with Gasteiger partial charge in [-0.15, -0.1) is 0 Å². The Kier molecular flexibility index (Phi) is 6.39. The van der Waals surface area contributed by atoms with E-state index in [0.717, 1.165) is 24.6 Å². The highest BCUT2D eigenvalue weighted by Crippen LogP contribution is 2.42. The molecule has 0 aromatic carbocycles. The highest BCUT2D eigenvalue weighted by molar-refractivity contribution is 5.93. The third kappa shape index (κ3) is 5.02. The van der Waals surface area contributed by atoms with Crippen molar-refractivity contribution < 1.29 is 27.4 Å². The van der Waals surface area contributed by atoms with E-state index in [9.17, 15) is 18.0 Å². The van der Waals surface area contributed by atoms with E-state index in [2.05, 4.69) is 25.4 Å². The number of ether oxygens (including phenoxy) is 2. The van der Waals surface area contributed by atoms with Crippen LogP contribution in [0.25, 0.3) is 11.3 Å². The van der Waals surface area contributed by atoms with Crippen LogP contribution >= 0.6 is 0 Å². The topological polar surface area (TPSA) is 104 Å².